The van der Waals surface area contributed by atoms with Crippen molar-refractivity contribution in [1.29, 1.82) is 0 Å². The van der Waals surface area contributed by atoms with Gasteiger partial charge in [-0.3, -0.25) is 0 Å². The Balaban J connectivity index is 1.77. The van der Waals surface area contributed by atoms with Gasteiger partial charge in [-0.25, -0.2) is 4.98 Å². The van der Waals surface area contributed by atoms with E-state index in [0.717, 1.165) is 19.5 Å². The second kappa shape index (κ2) is 6.54. The first-order valence-electron chi connectivity index (χ1n) is 6.71. The van der Waals surface area contributed by atoms with Crippen LogP contribution >= 0.6 is 0 Å². The van der Waals surface area contributed by atoms with E-state index in [2.05, 4.69) is 20.6 Å². The largest absolute Gasteiger partial charge is 0.475 e. The predicted octanol–water partition coefficient (Wildman–Crippen LogP) is 1.82. The molecule has 2 N–H and O–H groups in total. The Morgan fingerprint density at radius 1 is 1.56 bits per heavy atom. The standard InChI is InChI=1S/C13H22N4O/c1-10(2)18-12-6-9-16-13(17-12)15-8-5-11-4-3-7-14-11/h6,9-11,14H,3-5,7-8H2,1-2H3,(H,15,16,17). The van der Waals surface area contributed by atoms with Gasteiger partial charge in [0.2, 0.25) is 11.8 Å². The van der Waals surface area contributed by atoms with Crippen LogP contribution in [0.1, 0.15) is 33.1 Å². The summed E-state index contributed by atoms with van der Waals surface area (Å²) in [6, 6.07) is 2.43. The Morgan fingerprint density at radius 3 is 3.17 bits per heavy atom. The van der Waals surface area contributed by atoms with Gasteiger partial charge in [-0.2, -0.15) is 4.98 Å². The van der Waals surface area contributed by atoms with Gasteiger partial charge >= 0.3 is 0 Å². The van der Waals surface area contributed by atoms with E-state index < -0.39 is 0 Å². The smallest absolute Gasteiger partial charge is 0.225 e. The lowest BCUT2D eigenvalue weighted by molar-refractivity contribution is 0.232. The molecule has 2 heterocycles. The number of ether oxygens (including phenoxy) is 1. The van der Waals surface area contributed by atoms with Crippen LogP contribution in [-0.4, -0.2) is 35.2 Å². The number of anilines is 1. The van der Waals surface area contributed by atoms with Crippen LogP contribution in [0, 0.1) is 0 Å². The summed E-state index contributed by atoms with van der Waals surface area (Å²) in [5.74, 6) is 1.27. The Bertz CT molecular complexity index is 364. The number of hydrogen-bond donors (Lipinski definition) is 2. The maximum absolute atomic E-state index is 5.53. The second-order valence-electron chi connectivity index (χ2n) is 4.89. The molecule has 0 amide bonds. The molecule has 2 rings (SSSR count). The highest BCUT2D eigenvalue weighted by atomic mass is 16.5. The number of nitrogens with zero attached hydrogens (tertiary/aromatic N) is 2. The first kappa shape index (κ1) is 13.1. The first-order chi connectivity index (χ1) is 8.74. The van der Waals surface area contributed by atoms with Crippen molar-refractivity contribution >= 4 is 5.95 Å². The molecule has 5 heteroatoms. The number of aromatic nitrogens is 2. The molecule has 100 valence electrons. The Kier molecular flexibility index (Phi) is 4.75. The lowest BCUT2D eigenvalue weighted by atomic mass is 10.1. The molecule has 18 heavy (non-hydrogen) atoms. The molecule has 0 aliphatic carbocycles. The third-order valence-corrected chi connectivity index (χ3v) is 2.92. The molecule has 1 aliphatic rings. The lowest BCUT2D eigenvalue weighted by Crippen LogP contribution is -2.24. The molecule has 0 aromatic carbocycles. The van der Waals surface area contributed by atoms with Gasteiger partial charge in [0.25, 0.3) is 0 Å². The second-order valence-corrected chi connectivity index (χ2v) is 4.89. The molecule has 1 aromatic rings. The normalized spacial score (nSPS) is 19.2. The quantitative estimate of drug-likeness (QED) is 0.806. The zero-order valence-corrected chi connectivity index (χ0v) is 11.1. The lowest BCUT2D eigenvalue weighted by Gasteiger charge is -2.12. The molecule has 0 radical (unpaired) electrons. The summed E-state index contributed by atoms with van der Waals surface area (Å²) in [7, 11) is 0. The van der Waals surface area contributed by atoms with E-state index in [-0.39, 0.29) is 6.10 Å². The molecule has 1 unspecified atom stereocenters. The zero-order chi connectivity index (χ0) is 12.8. The average Bonchev–Trinajstić information content (AvgIpc) is 2.82. The van der Waals surface area contributed by atoms with Crippen LogP contribution in [0.25, 0.3) is 0 Å². The summed E-state index contributed by atoms with van der Waals surface area (Å²) in [5.41, 5.74) is 0. The Hall–Kier alpha value is -1.36. The molecule has 1 fully saturated rings. The van der Waals surface area contributed by atoms with Gasteiger partial charge in [-0.1, -0.05) is 0 Å². The number of nitrogens with one attached hydrogen (secondary N) is 2. The highest BCUT2D eigenvalue weighted by Crippen LogP contribution is 2.11. The fourth-order valence-corrected chi connectivity index (χ4v) is 2.10. The van der Waals surface area contributed by atoms with Gasteiger partial charge in [0.1, 0.15) is 0 Å². The van der Waals surface area contributed by atoms with Crippen LogP contribution in [0.4, 0.5) is 5.95 Å². The molecule has 1 aliphatic heterocycles. The molecule has 0 bridgehead atoms. The van der Waals surface area contributed by atoms with Crippen molar-refractivity contribution in [3.8, 4) is 5.88 Å². The molecular weight excluding hydrogens is 228 g/mol. The monoisotopic (exact) mass is 250 g/mol. The van der Waals surface area contributed by atoms with E-state index in [1.54, 1.807) is 12.3 Å². The van der Waals surface area contributed by atoms with Gasteiger partial charge < -0.3 is 15.4 Å². The summed E-state index contributed by atoms with van der Waals surface area (Å²) < 4.78 is 5.53. The molecule has 5 nitrogen and oxygen atoms in total. The highest BCUT2D eigenvalue weighted by Gasteiger charge is 2.13. The van der Waals surface area contributed by atoms with E-state index in [1.165, 1.54) is 12.8 Å². The summed E-state index contributed by atoms with van der Waals surface area (Å²) >= 11 is 0. The van der Waals surface area contributed by atoms with Crippen molar-refractivity contribution in [2.24, 2.45) is 0 Å². The fraction of sp³-hybridized carbons (Fsp3) is 0.692. The Labute approximate surface area is 108 Å². The minimum atomic E-state index is 0.135. The zero-order valence-electron chi connectivity index (χ0n) is 11.1. The van der Waals surface area contributed by atoms with Gasteiger partial charge in [0.05, 0.1) is 6.10 Å². The molecule has 1 saturated heterocycles. The van der Waals surface area contributed by atoms with Crippen molar-refractivity contribution in [2.75, 3.05) is 18.4 Å². The minimum absolute atomic E-state index is 0.135. The summed E-state index contributed by atoms with van der Waals surface area (Å²) in [6.45, 7) is 6.02. The number of hydrogen-bond acceptors (Lipinski definition) is 5. The van der Waals surface area contributed by atoms with E-state index in [1.807, 2.05) is 13.8 Å². The minimum Gasteiger partial charge on any atom is -0.475 e. The Morgan fingerprint density at radius 2 is 2.44 bits per heavy atom. The van der Waals surface area contributed by atoms with Crippen LogP contribution in [0.3, 0.4) is 0 Å². The van der Waals surface area contributed by atoms with Gasteiger partial charge in [-0.15, -0.1) is 0 Å². The number of rotatable bonds is 6. The van der Waals surface area contributed by atoms with Gasteiger partial charge in [-0.05, 0) is 39.7 Å². The summed E-state index contributed by atoms with van der Waals surface area (Å²) in [5, 5.41) is 6.72. The molecule has 0 saturated carbocycles. The maximum Gasteiger partial charge on any atom is 0.225 e. The fourth-order valence-electron chi connectivity index (χ4n) is 2.10. The summed E-state index contributed by atoms with van der Waals surface area (Å²) in [6.07, 6.45) is 5.53. The van der Waals surface area contributed by atoms with Crippen molar-refractivity contribution in [2.45, 2.75) is 45.3 Å². The van der Waals surface area contributed by atoms with Crippen LogP contribution < -0.4 is 15.4 Å². The predicted molar refractivity (Wildman–Crippen MR) is 71.9 cm³/mol. The van der Waals surface area contributed by atoms with Crippen molar-refractivity contribution in [1.82, 2.24) is 15.3 Å². The molecule has 0 spiro atoms. The topological polar surface area (TPSA) is 59.1 Å². The molecule has 1 aromatic heterocycles. The maximum atomic E-state index is 5.53. The van der Waals surface area contributed by atoms with E-state index in [0.29, 0.717) is 17.9 Å². The average molecular weight is 250 g/mol. The van der Waals surface area contributed by atoms with E-state index in [9.17, 15) is 0 Å². The van der Waals surface area contributed by atoms with E-state index in [4.69, 9.17) is 4.74 Å². The first-order valence-corrected chi connectivity index (χ1v) is 6.71. The van der Waals surface area contributed by atoms with Crippen molar-refractivity contribution < 1.29 is 4.74 Å². The van der Waals surface area contributed by atoms with E-state index >= 15 is 0 Å². The SMILES string of the molecule is CC(C)Oc1ccnc(NCCC2CCCN2)n1. The van der Waals surface area contributed by atoms with Crippen LogP contribution in [0.15, 0.2) is 12.3 Å². The molecule has 1 atom stereocenters. The van der Waals surface area contributed by atoms with Gasteiger partial charge in [0.15, 0.2) is 0 Å². The third-order valence-electron chi connectivity index (χ3n) is 2.92. The van der Waals surface area contributed by atoms with Crippen LogP contribution in [0.5, 0.6) is 5.88 Å². The van der Waals surface area contributed by atoms with Crippen molar-refractivity contribution in [3.05, 3.63) is 12.3 Å². The highest BCUT2D eigenvalue weighted by molar-refractivity contribution is 5.27. The molecular formula is C13H22N4O. The van der Waals surface area contributed by atoms with Crippen LogP contribution in [-0.2, 0) is 0 Å². The van der Waals surface area contributed by atoms with Crippen LogP contribution in [0.2, 0.25) is 0 Å². The third kappa shape index (κ3) is 4.14. The van der Waals surface area contributed by atoms with Gasteiger partial charge in [0, 0.05) is 24.8 Å². The van der Waals surface area contributed by atoms with Crippen molar-refractivity contribution in [3.63, 3.8) is 0 Å². The summed E-state index contributed by atoms with van der Waals surface area (Å²) in [4.78, 5) is 8.50.